The number of aliphatic carboxylic acids is 2. The lowest BCUT2D eigenvalue weighted by Crippen LogP contribution is -2.36. The van der Waals surface area contributed by atoms with Gasteiger partial charge in [-0.1, -0.05) is 42.5 Å². The number of nitrogens with two attached hydrogens (primary N) is 1. The van der Waals surface area contributed by atoms with Crippen molar-refractivity contribution in [2.24, 2.45) is 5.73 Å². The number of benzene rings is 2. The molecule has 0 radical (unpaired) electrons. The van der Waals surface area contributed by atoms with E-state index in [4.69, 9.17) is 30.8 Å². The van der Waals surface area contributed by atoms with Crippen LogP contribution in [0.1, 0.15) is 11.1 Å². The van der Waals surface area contributed by atoms with Crippen LogP contribution in [-0.2, 0) is 27.0 Å². The summed E-state index contributed by atoms with van der Waals surface area (Å²) < 4.78 is 10.7. The van der Waals surface area contributed by atoms with Crippen LogP contribution in [-0.4, -0.2) is 49.1 Å². The van der Waals surface area contributed by atoms with Gasteiger partial charge in [0.15, 0.2) is 0 Å². The number of carboxylic acid groups (broad SMARTS) is 2. The number of carbonyl (C=O) groups is 2. The van der Waals surface area contributed by atoms with Crippen LogP contribution in [0.15, 0.2) is 54.6 Å². The molecule has 0 aliphatic carbocycles. The Labute approximate surface area is 166 Å². The van der Waals surface area contributed by atoms with E-state index in [9.17, 15) is 14.2 Å². The molecular weight excluding hydrogens is 403 g/mol. The van der Waals surface area contributed by atoms with E-state index in [1.54, 1.807) is 47.6 Å². The fourth-order valence-corrected chi connectivity index (χ4v) is 2.82. The molecule has 0 amide bonds. The molecule has 0 aliphatic heterocycles. The molecule has 10 nitrogen and oxygen atoms in total. The Morgan fingerprint density at radius 2 is 1.41 bits per heavy atom. The van der Waals surface area contributed by atoms with E-state index in [1.165, 1.54) is 12.1 Å². The number of phenols is 1. The molecule has 8 N–H and O–H groups in total. The summed E-state index contributed by atoms with van der Waals surface area (Å²) in [5.74, 6) is -2.16. The van der Waals surface area contributed by atoms with Crippen LogP contribution in [0.2, 0.25) is 0 Å². The second kappa shape index (κ2) is 11.3. The summed E-state index contributed by atoms with van der Waals surface area (Å²) in [6, 6.07) is 12.7. The van der Waals surface area contributed by atoms with E-state index in [2.05, 4.69) is 0 Å². The van der Waals surface area contributed by atoms with Crippen molar-refractivity contribution in [3.63, 3.8) is 0 Å². The predicted octanol–water partition coefficient (Wildman–Crippen LogP) is 0.711. The van der Waals surface area contributed by atoms with E-state index in [1.807, 2.05) is 0 Å². The third kappa shape index (κ3) is 10.4. The number of hydrogen-bond acceptors (Lipinski definition) is 5. The van der Waals surface area contributed by atoms with Crippen molar-refractivity contribution >= 4 is 19.7 Å². The highest BCUT2D eigenvalue weighted by Gasteiger charge is 2.25. The first-order valence-corrected chi connectivity index (χ1v) is 9.95. The zero-order valence-corrected chi connectivity index (χ0v) is 16.1. The quantitative estimate of drug-likeness (QED) is 0.296. The van der Waals surface area contributed by atoms with Crippen LogP contribution in [0.3, 0.4) is 0 Å². The number of aromatic hydroxyl groups is 1. The molecule has 2 aromatic carbocycles. The van der Waals surface area contributed by atoms with Gasteiger partial charge in [-0.2, -0.15) is 0 Å². The Bertz CT molecular complexity index is 839. The molecule has 2 atom stereocenters. The molecular formula is C18H23N2O8P. The first-order valence-electron chi connectivity index (χ1n) is 8.34. The van der Waals surface area contributed by atoms with Crippen LogP contribution in [0.5, 0.6) is 5.75 Å². The maximum atomic E-state index is 10.8. The minimum atomic E-state index is -4.54. The molecule has 0 fully saturated rings. The topological polar surface area (TPSA) is 190 Å². The Balaban J connectivity index is 0.000000296. The van der Waals surface area contributed by atoms with Gasteiger partial charge in [-0.25, -0.2) is 9.65 Å². The van der Waals surface area contributed by atoms with Crippen LogP contribution in [0, 0.1) is 0 Å². The summed E-state index contributed by atoms with van der Waals surface area (Å²) >= 11 is 0. The summed E-state index contributed by atoms with van der Waals surface area (Å²) in [4.78, 5) is 38.5. The number of nitrogens with one attached hydrogen (secondary N) is 1. The van der Waals surface area contributed by atoms with Crippen molar-refractivity contribution in [3.8, 4) is 5.75 Å². The van der Waals surface area contributed by atoms with Crippen LogP contribution in [0.4, 0.5) is 0 Å². The van der Waals surface area contributed by atoms with Gasteiger partial charge in [0.05, 0.1) is 0 Å². The molecule has 0 saturated carbocycles. The van der Waals surface area contributed by atoms with Gasteiger partial charge < -0.3 is 30.8 Å². The van der Waals surface area contributed by atoms with Gasteiger partial charge in [0.25, 0.3) is 0 Å². The second-order valence-electron chi connectivity index (χ2n) is 6.07. The van der Waals surface area contributed by atoms with Crippen molar-refractivity contribution in [3.05, 3.63) is 65.7 Å². The standard InChI is InChI=1S/C9H12NO5P.C9H11NO3/c11-9(12)8(10-16(13,14)15)6-7-4-2-1-3-5-7;10-8(9(12)13)5-6-1-3-7(11)4-2-6/h1-5,8H,6H2,(H,11,12)(H3,10,13,14,15);1-4,8,11H,5,10H2,(H,12,13). The monoisotopic (exact) mass is 426 g/mol. The molecule has 0 saturated heterocycles. The molecule has 2 aromatic rings. The average Bonchev–Trinajstić information content (AvgIpc) is 2.63. The van der Waals surface area contributed by atoms with Crippen LogP contribution in [0.25, 0.3) is 0 Å². The minimum absolute atomic E-state index is 0.0152. The zero-order valence-electron chi connectivity index (χ0n) is 15.3. The third-order valence-electron chi connectivity index (χ3n) is 3.61. The molecule has 0 aromatic heterocycles. The van der Waals surface area contributed by atoms with E-state index in [0.717, 1.165) is 5.56 Å². The maximum absolute atomic E-state index is 10.8. The van der Waals surface area contributed by atoms with E-state index in [0.29, 0.717) is 5.56 Å². The predicted molar refractivity (Wildman–Crippen MR) is 104 cm³/mol. The van der Waals surface area contributed by atoms with Crippen molar-refractivity contribution in [1.29, 1.82) is 0 Å². The lowest BCUT2D eigenvalue weighted by atomic mass is 10.1. The summed E-state index contributed by atoms with van der Waals surface area (Å²) in [5, 5.41) is 28.0. The van der Waals surface area contributed by atoms with E-state index in [-0.39, 0.29) is 18.6 Å². The maximum Gasteiger partial charge on any atom is 0.401 e. The largest absolute Gasteiger partial charge is 0.508 e. The SMILES string of the molecule is NC(Cc1ccc(O)cc1)C(=O)O.O=C(O)C(Cc1ccccc1)NP(=O)(O)O. The summed E-state index contributed by atoms with van der Waals surface area (Å²) in [5.41, 5.74) is 6.81. The second-order valence-corrected chi connectivity index (χ2v) is 7.42. The number of rotatable bonds is 8. The number of hydrogen-bond donors (Lipinski definition) is 7. The minimum Gasteiger partial charge on any atom is -0.508 e. The number of phenolic OH excluding ortho intramolecular Hbond substituents is 1. The molecule has 11 heteroatoms. The summed E-state index contributed by atoms with van der Waals surface area (Å²) in [6.45, 7) is 0. The third-order valence-corrected chi connectivity index (χ3v) is 4.26. The van der Waals surface area contributed by atoms with Crippen molar-refractivity contribution in [1.82, 2.24) is 5.09 Å². The summed E-state index contributed by atoms with van der Waals surface area (Å²) in [7, 11) is -4.54. The normalized spacial score (nSPS) is 12.9. The van der Waals surface area contributed by atoms with E-state index >= 15 is 0 Å². The van der Waals surface area contributed by atoms with Crippen molar-refractivity contribution in [2.45, 2.75) is 24.9 Å². The molecule has 29 heavy (non-hydrogen) atoms. The Morgan fingerprint density at radius 1 is 0.897 bits per heavy atom. The molecule has 158 valence electrons. The molecule has 0 heterocycles. The zero-order chi connectivity index (χ0) is 22.0. The fourth-order valence-electron chi connectivity index (χ4n) is 2.21. The molecule has 0 bridgehead atoms. The van der Waals surface area contributed by atoms with Gasteiger partial charge in [0, 0.05) is 0 Å². The molecule has 2 unspecified atom stereocenters. The van der Waals surface area contributed by atoms with Gasteiger partial charge >= 0.3 is 19.7 Å². The van der Waals surface area contributed by atoms with Gasteiger partial charge in [-0.3, -0.25) is 9.59 Å². The first kappa shape index (κ1) is 24.3. The Morgan fingerprint density at radius 3 is 1.86 bits per heavy atom. The highest BCUT2D eigenvalue weighted by Crippen LogP contribution is 2.29. The van der Waals surface area contributed by atoms with Gasteiger partial charge in [-0.15, -0.1) is 0 Å². The van der Waals surface area contributed by atoms with Crippen molar-refractivity contribution in [2.75, 3.05) is 0 Å². The highest BCUT2D eigenvalue weighted by atomic mass is 31.2. The number of carboxylic acids is 2. The molecule has 0 aliphatic rings. The van der Waals surface area contributed by atoms with E-state index < -0.39 is 31.8 Å². The highest BCUT2D eigenvalue weighted by molar-refractivity contribution is 7.49. The average molecular weight is 426 g/mol. The Kier molecular flexibility index (Phi) is 9.46. The fraction of sp³-hybridized carbons (Fsp3) is 0.222. The Hall–Kier alpha value is -2.75. The van der Waals surface area contributed by atoms with Gasteiger partial charge in [0.1, 0.15) is 17.8 Å². The van der Waals surface area contributed by atoms with Gasteiger partial charge in [-0.05, 0) is 36.1 Å². The lowest BCUT2D eigenvalue weighted by Gasteiger charge is -2.14. The van der Waals surface area contributed by atoms with Crippen molar-refractivity contribution < 1.29 is 39.3 Å². The molecule has 2 rings (SSSR count). The lowest BCUT2D eigenvalue weighted by molar-refractivity contribution is -0.139. The molecule has 0 spiro atoms. The van der Waals surface area contributed by atoms with Crippen LogP contribution < -0.4 is 10.8 Å². The summed E-state index contributed by atoms with van der Waals surface area (Å²) in [6.07, 6.45) is 0.289. The first-order chi connectivity index (χ1) is 13.5. The van der Waals surface area contributed by atoms with Gasteiger partial charge in [0.2, 0.25) is 0 Å². The smallest absolute Gasteiger partial charge is 0.401 e. The van der Waals surface area contributed by atoms with Crippen LogP contribution >= 0.6 is 7.75 Å².